The molecule has 31 heavy (non-hydrogen) atoms. The molecule has 2 amide bonds. The molecule has 1 atom stereocenters. The summed E-state index contributed by atoms with van der Waals surface area (Å²) < 4.78 is 5.25. The average Bonchev–Trinajstić information content (AvgIpc) is 3.30. The molecule has 3 aromatic carbocycles. The number of ether oxygens (including phenoxy) is 1. The Labute approximate surface area is 182 Å². The second-order valence-corrected chi connectivity index (χ2v) is 7.78. The van der Waals surface area contributed by atoms with Gasteiger partial charge in [-0.1, -0.05) is 36.4 Å². The summed E-state index contributed by atoms with van der Waals surface area (Å²) in [5.74, 6) is 0.594. The molecule has 0 aliphatic carbocycles. The molecule has 3 aromatic rings. The summed E-state index contributed by atoms with van der Waals surface area (Å²) in [5, 5.41) is 2.94. The van der Waals surface area contributed by atoms with E-state index >= 15 is 0 Å². The molecule has 5 nitrogen and oxygen atoms in total. The highest BCUT2D eigenvalue weighted by Crippen LogP contribution is 2.34. The fourth-order valence-electron chi connectivity index (χ4n) is 4.02. The van der Waals surface area contributed by atoms with Crippen molar-refractivity contribution in [3.05, 3.63) is 95.1 Å². The van der Waals surface area contributed by atoms with E-state index in [1.807, 2.05) is 66.4 Å². The Morgan fingerprint density at radius 2 is 1.71 bits per heavy atom. The van der Waals surface area contributed by atoms with Gasteiger partial charge in [-0.15, -0.1) is 0 Å². The highest BCUT2D eigenvalue weighted by Gasteiger charge is 2.30. The van der Waals surface area contributed by atoms with Crippen LogP contribution in [0.2, 0.25) is 0 Å². The van der Waals surface area contributed by atoms with Crippen molar-refractivity contribution in [2.45, 2.75) is 25.8 Å². The Kier molecular flexibility index (Phi) is 6.03. The van der Waals surface area contributed by atoms with Gasteiger partial charge < -0.3 is 15.0 Å². The van der Waals surface area contributed by atoms with E-state index in [9.17, 15) is 9.59 Å². The molecule has 0 bridgehead atoms. The zero-order chi connectivity index (χ0) is 21.8. The first-order chi connectivity index (χ1) is 15.1. The van der Waals surface area contributed by atoms with Crippen molar-refractivity contribution in [2.75, 3.05) is 19.0 Å². The molecule has 0 unspecified atom stereocenters. The van der Waals surface area contributed by atoms with Crippen molar-refractivity contribution < 1.29 is 14.3 Å². The molecule has 0 radical (unpaired) electrons. The Bertz CT molecular complexity index is 1080. The van der Waals surface area contributed by atoms with Crippen molar-refractivity contribution in [3.63, 3.8) is 0 Å². The topological polar surface area (TPSA) is 58.6 Å². The molecule has 5 heteroatoms. The number of amides is 2. The normalized spacial score (nSPS) is 15.5. The van der Waals surface area contributed by atoms with E-state index in [1.54, 1.807) is 25.3 Å². The quantitative estimate of drug-likeness (QED) is 0.622. The predicted molar refractivity (Wildman–Crippen MR) is 122 cm³/mol. The van der Waals surface area contributed by atoms with Gasteiger partial charge in [-0.3, -0.25) is 9.59 Å². The molecule has 158 valence electrons. The summed E-state index contributed by atoms with van der Waals surface area (Å²) in [6.45, 7) is 2.64. The molecule has 1 N–H and O–H groups in total. The fraction of sp³-hybridized carbons (Fsp3) is 0.231. The van der Waals surface area contributed by atoms with Crippen LogP contribution in [0.1, 0.15) is 50.7 Å². The van der Waals surface area contributed by atoms with Crippen molar-refractivity contribution in [1.29, 1.82) is 0 Å². The lowest BCUT2D eigenvalue weighted by Gasteiger charge is -2.26. The number of anilines is 1. The molecule has 0 spiro atoms. The van der Waals surface area contributed by atoms with Crippen molar-refractivity contribution in [1.82, 2.24) is 4.90 Å². The minimum Gasteiger partial charge on any atom is -0.497 e. The zero-order valence-corrected chi connectivity index (χ0v) is 17.8. The van der Waals surface area contributed by atoms with Crippen LogP contribution in [0.5, 0.6) is 5.75 Å². The Balaban J connectivity index is 1.55. The number of methoxy groups -OCH3 is 1. The van der Waals surface area contributed by atoms with Gasteiger partial charge >= 0.3 is 0 Å². The lowest BCUT2D eigenvalue weighted by Crippen LogP contribution is -2.30. The number of benzene rings is 3. The maximum atomic E-state index is 13.4. The highest BCUT2D eigenvalue weighted by molar-refractivity contribution is 6.05. The Morgan fingerprint density at radius 3 is 2.42 bits per heavy atom. The third kappa shape index (κ3) is 4.45. The lowest BCUT2D eigenvalue weighted by molar-refractivity contribution is 0.0735. The van der Waals surface area contributed by atoms with Crippen LogP contribution < -0.4 is 10.1 Å². The summed E-state index contributed by atoms with van der Waals surface area (Å²) in [7, 11) is 1.64. The monoisotopic (exact) mass is 414 g/mol. The van der Waals surface area contributed by atoms with Crippen LogP contribution in [-0.2, 0) is 0 Å². The van der Waals surface area contributed by atoms with E-state index in [0.29, 0.717) is 16.8 Å². The lowest BCUT2D eigenvalue weighted by atomic mass is 10.0. The predicted octanol–water partition coefficient (Wildman–Crippen LogP) is 5.23. The SMILES string of the molecule is COc1ccc([C@H]2CCCN2C(=O)c2ccc(C)c(NC(=O)c3ccccc3)c2)cc1. The van der Waals surface area contributed by atoms with Gasteiger partial charge in [-0.2, -0.15) is 0 Å². The smallest absolute Gasteiger partial charge is 0.255 e. The average molecular weight is 415 g/mol. The van der Waals surface area contributed by atoms with Gasteiger partial charge in [-0.25, -0.2) is 0 Å². The van der Waals surface area contributed by atoms with Gasteiger partial charge in [-0.05, 0) is 67.3 Å². The zero-order valence-electron chi connectivity index (χ0n) is 17.8. The maximum Gasteiger partial charge on any atom is 0.255 e. The second kappa shape index (κ2) is 9.04. The van der Waals surface area contributed by atoms with Crippen LogP contribution in [0.4, 0.5) is 5.69 Å². The molecule has 1 aliphatic heterocycles. The standard InChI is InChI=1S/C26H26N2O3/c1-18-10-11-21(17-23(18)27-25(29)20-7-4-3-5-8-20)26(30)28-16-6-9-24(28)19-12-14-22(31-2)15-13-19/h3-5,7-8,10-15,17,24H,6,9,16H2,1-2H3,(H,27,29)/t24-/m1/s1. The van der Waals surface area contributed by atoms with E-state index in [1.165, 1.54) is 0 Å². The summed E-state index contributed by atoms with van der Waals surface area (Å²) in [6.07, 6.45) is 1.90. The van der Waals surface area contributed by atoms with Crippen molar-refractivity contribution in [3.8, 4) is 5.75 Å². The molecule has 4 rings (SSSR count). The summed E-state index contributed by atoms with van der Waals surface area (Å²) >= 11 is 0. The van der Waals surface area contributed by atoms with Gasteiger partial charge in [0, 0.05) is 23.4 Å². The number of nitrogens with zero attached hydrogens (tertiary/aromatic N) is 1. The minimum atomic E-state index is -0.189. The molecule has 1 saturated heterocycles. The second-order valence-electron chi connectivity index (χ2n) is 7.78. The van der Waals surface area contributed by atoms with Gasteiger partial charge in [0.25, 0.3) is 11.8 Å². The van der Waals surface area contributed by atoms with Crippen LogP contribution in [-0.4, -0.2) is 30.4 Å². The van der Waals surface area contributed by atoms with E-state index in [0.717, 1.165) is 36.3 Å². The largest absolute Gasteiger partial charge is 0.497 e. The molecular weight excluding hydrogens is 388 g/mol. The fourth-order valence-corrected chi connectivity index (χ4v) is 4.02. The number of likely N-dealkylation sites (tertiary alicyclic amines) is 1. The van der Waals surface area contributed by atoms with Gasteiger partial charge in [0.05, 0.1) is 13.2 Å². The number of hydrogen-bond acceptors (Lipinski definition) is 3. The first-order valence-corrected chi connectivity index (χ1v) is 10.5. The molecule has 0 saturated carbocycles. The van der Waals surface area contributed by atoms with Crippen LogP contribution >= 0.6 is 0 Å². The number of rotatable bonds is 5. The van der Waals surface area contributed by atoms with Crippen molar-refractivity contribution >= 4 is 17.5 Å². The van der Waals surface area contributed by atoms with Gasteiger partial charge in [0.2, 0.25) is 0 Å². The van der Waals surface area contributed by atoms with Crippen molar-refractivity contribution in [2.24, 2.45) is 0 Å². The van der Waals surface area contributed by atoms with E-state index in [4.69, 9.17) is 4.74 Å². The number of nitrogens with one attached hydrogen (secondary N) is 1. The Morgan fingerprint density at radius 1 is 0.968 bits per heavy atom. The van der Waals surface area contributed by atoms with Crippen LogP contribution in [0.15, 0.2) is 72.8 Å². The number of carbonyl (C=O) groups is 2. The molecule has 1 heterocycles. The van der Waals surface area contributed by atoms with Crippen LogP contribution in [0.3, 0.4) is 0 Å². The molecule has 0 aromatic heterocycles. The van der Waals surface area contributed by atoms with E-state index < -0.39 is 0 Å². The van der Waals surface area contributed by atoms with Crippen LogP contribution in [0.25, 0.3) is 0 Å². The number of hydrogen-bond donors (Lipinski definition) is 1. The summed E-state index contributed by atoms with van der Waals surface area (Å²) in [4.78, 5) is 27.9. The highest BCUT2D eigenvalue weighted by atomic mass is 16.5. The van der Waals surface area contributed by atoms with Gasteiger partial charge in [0.1, 0.15) is 5.75 Å². The van der Waals surface area contributed by atoms with Crippen LogP contribution in [0, 0.1) is 6.92 Å². The van der Waals surface area contributed by atoms with E-state index in [2.05, 4.69) is 5.32 Å². The Hall–Kier alpha value is -3.60. The minimum absolute atomic E-state index is 0.0199. The third-order valence-electron chi connectivity index (χ3n) is 5.78. The first kappa shape index (κ1) is 20.7. The molecule has 1 aliphatic rings. The van der Waals surface area contributed by atoms with Gasteiger partial charge in [0.15, 0.2) is 0 Å². The number of aryl methyl sites for hydroxylation is 1. The maximum absolute atomic E-state index is 13.4. The third-order valence-corrected chi connectivity index (χ3v) is 5.78. The summed E-state index contributed by atoms with van der Waals surface area (Å²) in [6, 6.07) is 22.5. The summed E-state index contributed by atoms with van der Waals surface area (Å²) in [5.41, 5.74) is 3.83. The van der Waals surface area contributed by atoms with E-state index in [-0.39, 0.29) is 17.9 Å². The molecule has 1 fully saturated rings. The molecular formula is C26H26N2O3. The number of carbonyl (C=O) groups excluding carboxylic acids is 2. The first-order valence-electron chi connectivity index (χ1n) is 10.5.